The lowest BCUT2D eigenvalue weighted by Gasteiger charge is -2.23. The monoisotopic (exact) mass is 333 g/mol. The zero-order valence-corrected chi connectivity index (χ0v) is 14.0. The lowest BCUT2D eigenvalue weighted by molar-refractivity contribution is 0.304. The highest BCUT2D eigenvalue weighted by Crippen LogP contribution is 2.20. The fourth-order valence-corrected chi connectivity index (χ4v) is 4.68. The van der Waals surface area contributed by atoms with Crippen LogP contribution in [0, 0.1) is 0 Å². The molecule has 5 heteroatoms. The van der Waals surface area contributed by atoms with E-state index in [1.54, 1.807) is 0 Å². The SMILES string of the molecule is O=S1(=O)CCC[C@@H](NCCCOc2ccc3ccccc3c2)C1. The minimum absolute atomic E-state index is 0.106. The first-order chi connectivity index (χ1) is 11.1. The third kappa shape index (κ3) is 4.69. The molecule has 0 unspecified atom stereocenters. The second-order valence-corrected chi connectivity index (χ2v) is 8.35. The molecule has 0 radical (unpaired) electrons. The van der Waals surface area contributed by atoms with Gasteiger partial charge >= 0.3 is 0 Å². The van der Waals surface area contributed by atoms with Gasteiger partial charge in [0.2, 0.25) is 0 Å². The van der Waals surface area contributed by atoms with Crippen LogP contribution in [0.3, 0.4) is 0 Å². The van der Waals surface area contributed by atoms with Crippen molar-refractivity contribution in [1.82, 2.24) is 5.32 Å². The molecule has 1 aliphatic heterocycles. The molecule has 0 saturated carbocycles. The summed E-state index contributed by atoms with van der Waals surface area (Å²) in [5, 5.41) is 5.72. The Balaban J connectivity index is 1.41. The van der Waals surface area contributed by atoms with Crippen molar-refractivity contribution < 1.29 is 13.2 Å². The summed E-state index contributed by atoms with van der Waals surface area (Å²) in [6.45, 7) is 1.42. The van der Waals surface area contributed by atoms with Gasteiger partial charge in [-0.2, -0.15) is 0 Å². The van der Waals surface area contributed by atoms with E-state index in [2.05, 4.69) is 29.6 Å². The van der Waals surface area contributed by atoms with Crippen LogP contribution < -0.4 is 10.1 Å². The van der Waals surface area contributed by atoms with Crippen LogP contribution in [-0.2, 0) is 9.84 Å². The van der Waals surface area contributed by atoms with Crippen molar-refractivity contribution >= 4 is 20.6 Å². The summed E-state index contributed by atoms with van der Waals surface area (Å²) in [5.74, 6) is 1.50. The molecule has 1 heterocycles. The van der Waals surface area contributed by atoms with Crippen LogP contribution in [0.25, 0.3) is 10.8 Å². The molecule has 3 rings (SSSR count). The second-order valence-electron chi connectivity index (χ2n) is 6.12. The maximum Gasteiger partial charge on any atom is 0.151 e. The number of hydrogen-bond acceptors (Lipinski definition) is 4. The molecule has 0 aromatic heterocycles. The first-order valence-corrected chi connectivity index (χ1v) is 10.00. The number of benzene rings is 2. The zero-order chi connectivity index (χ0) is 16.1. The molecule has 1 aliphatic rings. The Bertz CT molecular complexity index is 758. The smallest absolute Gasteiger partial charge is 0.151 e. The van der Waals surface area contributed by atoms with E-state index in [9.17, 15) is 8.42 Å². The average molecular weight is 333 g/mol. The van der Waals surface area contributed by atoms with Crippen molar-refractivity contribution in [2.24, 2.45) is 0 Å². The summed E-state index contributed by atoms with van der Waals surface area (Å²) in [4.78, 5) is 0. The van der Waals surface area contributed by atoms with Crippen LogP contribution in [0.5, 0.6) is 5.75 Å². The lowest BCUT2D eigenvalue weighted by atomic mass is 10.1. The Morgan fingerprint density at radius 1 is 1.13 bits per heavy atom. The van der Waals surface area contributed by atoms with Gasteiger partial charge in [-0.3, -0.25) is 0 Å². The van der Waals surface area contributed by atoms with E-state index in [1.807, 2.05) is 18.2 Å². The summed E-state index contributed by atoms with van der Waals surface area (Å²) >= 11 is 0. The van der Waals surface area contributed by atoms with E-state index in [4.69, 9.17) is 4.74 Å². The quantitative estimate of drug-likeness (QED) is 0.826. The molecule has 2 aromatic rings. The van der Waals surface area contributed by atoms with Crippen molar-refractivity contribution in [3.8, 4) is 5.75 Å². The third-order valence-corrected chi connectivity index (χ3v) is 6.03. The highest BCUT2D eigenvalue weighted by molar-refractivity contribution is 7.91. The summed E-state index contributed by atoms with van der Waals surface area (Å²) in [5.41, 5.74) is 0. The molecule has 1 N–H and O–H groups in total. The minimum Gasteiger partial charge on any atom is -0.494 e. The number of hydrogen-bond donors (Lipinski definition) is 1. The van der Waals surface area contributed by atoms with E-state index in [0.29, 0.717) is 12.4 Å². The van der Waals surface area contributed by atoms with Gasteiger partial charge in [0.1, 0.15) is 5.75 Å². The highest BCUT2D eigenvalue weighted by Gasteiger charge is 2.23. The van der Waals surface area contributed by atoms with Gasteiger partial charge in [0.05, 0.1) is 18.1 Å². The van der Waals surface area contributed by atoms with Gasteiger partial charge in [0.15, 0.2) is 9.84 Å². The van der Waals surface area contributed by atoms with Gasteiger partial charge in [0, 0.05) is 6.04 Å². The highest BCUT2D eigenvalue weighted by atomic mass is 32.2. The molecule has 2 aromatic carbocycles. The van der Waals surface area contributed by atoms with Gasteiger partial charge in [-0.1, -0.05) is 30.3 Å². The van der Waals surface area contributed by atoms with Crippen molar-refractivity contribution in [3.05, 3.63) is 42.5 Å². The Morgan fingerprint density at radius 3 is 2.78 bits per heavy atom. The number of fused-ring (bicyclic) bond motifs is 1. The maximum atomic E-state index is 11.6. The molecule has 0 aliphatic carbocycles. The summed E-state index contributed by atoms with van der Waals surface area (Å²) < 4.78 is 28.9. The van der Waals surface area contributed by atoms with Crippen LogP contribution in [0.2, 0.25) is 0 Å². The fourth-order valence-electron chi connectivity index (χ4n) is 3.01. The molecular formula is C18H23NO3S. The summed E-state index contributed by atoms with van der Waals surface area (Å²) in [6.07, 6.45) is 2.59. The van der Waals surface area contributed by atoms with Crippen LogP contribution in [0.4, 0.5) is 0 Å². The van der Waals surface area contributed by atoms with Crippen LogP contribution >= 0.6 is 0 Å². The third-order valence-electron chi connectivity index (χ3n) is 4.21. The molecular weight excluding hydrogens is 310 g/mol. The van der Waals surface area contributed by atoms with Crippen LogP contribution in [-0.4, -0.2) is 39.1 Å². The number of ether oxygens (including phenoxy) is 1. The number of nitrogens with one attached hydrogen (secondary N) is 1. The van der Waals surface area contributed by atoms with Crippen LogP contribution in [0.15, 0.2) is 42.5 Å². The molecule has 0 amide bonds. The molecule has 1 fully saturated rings. The summed E-state index contributed by atoms with van der Waals surface area (Å²) in [6, 6.07) is 14.4. The Morgan fingerprint density at radius 2 is 1.96 bits per heavy atom. The van der Waals surface area contributed by atoms with E-state index < -0.39 is 9.84 Å². The Labute approximate surface area is 137 Å². The van der Waals surface area contributed by atoms with Gasteiger partial charge < -0.3 is 10.1 Å². The van der Waals surface area contributed by atoms with Crippen molar-refractivity contribution in [1.29, 1.82) is 0 Å². The second kappa shape index (κ2) is 7.32. The van der Waals surface area contributed by atoms with Crippen molar-refractivity contribution in [2.45, 2.75) is 25.3 Å². The zero-order valence-electron chi connectivity index (χ0n) is 13.2. The van der Waals surface area contributed by atoms with E-state index >= 15 is 0 Å². The van der Waals surface area contributed by atoms with Gasteiger partial charge in [-0.05, 0) is 48.7 Å². The molecule has 23 heavy (non-hydrogen) atoms. The Hall–Kier alpha value is -1.59. The maximum absolute atomic E-state index is 11.6. The van der Waals surface area contributed by atoms with E-state index in [0.717, 1.165) is 31.6 Å². The van der Waals surface area contributed by atoms with Crippen molar-refractivity contribution in [2.75, 3.05) is 24.7 Å². The predicted octanol–water partition coefficient (Wildman–Crippen LogP) is 2.78. The number of rotatable bonds is 6. The molecule has 0 spiro atoms. The Kier molecular flexibility index (Phi) is 5.18. The summed E-state index contributed by atoms with van der Waals surface area (Å²) in [7, 11) is -2.83. The van der Waals surface area contributed by atoms with Crippen molar-refractivity contribution in [3.63, 3.8) is 0 Å². The molecule has 124 valence electrons. The van der Waals surface area contributed by atoms with Crippen LogP contribution in [0.1, 0.15) is 19.3 Å². The molecule has 1 saturated heterocycles. The average Bonchev–Trinajstić information content (AvgIpc) is 2.53. The lowest BCUT2D eigenvalue weighted by Crippen LogP contribution is -2.40. The standard InChI is InChI=1S/C18H23NO3S/c20-23(21)12-3-7-17(14-23)19-10-4-11-22-18-9-8-15-5-1-2-6-16(15)13-18/h1-2,5-6,8-9,13,17,19H,3-4,7,10-12,14H2/t17-/m1/s1. The number of sulfone groups is 1. The van der Waals surface area contributed by atoms with Gasteiger partial charge in [-0.25, -0.2) is 8.42 Å². The minimum atomic E-state index is -2.83. The first kappa shape index (κ1) is 16.3. The normalized spacial score (nSPS) is 20.4. The van der Waals surface area contributed by atoms with Gasteiger partial charge in [-0.15, -0.1) is 0 Å². The van der Waals surface area contributed by atoms with E-state index in [1.165, 1.54) is 10.8 Å². The molecule has 4 nitrogen and oxygen atoms in total. The van der Waals surface area contributed by atoms with E-state index in [-0.39, 0.29) is 11.8 Å². The fraction of sp³-hybridized carbons (Fsp3) is 0.444. The molecule has 1 atom stereocenters. The topological polar surface area (TPSA) is 55.4 Å². The largest absolute Gasteiger partial charge is 0.494 e. The first-order valence-electron chi connectivity index (χ1n) is 8.18. The predicted molar refractivity (Wildman–Crippen MR) is 93.7 cm³/mol. The van der Waals surface area contributed by atoms with Gasteiger partial charge in [0.25, 0.3) is 0 Å². The molecule has 0 bridgehead atoms.